The van der Waals surface area contributed by atoms with Crippen LogP contribution < -0.4 is 5.32 Å². The Morgan fingerprint density at radius 2 is 2.17 bits per heavy atom. The summed E-state index contributed by atoms with van der Waals surface area (Å²) in [5.41, 5.74) is 0.849. The Kier molecular flexibility index (Phi) is 3.69. The summed E-state index contributed by atoms with van der Waals surface area (Å²) in [6.45, 7) is 1.32. The van der Waals surface area contributed by atoms with Gasteiger partial charge in [-0.15, -0.1) is 0 Å². The van der Waals surface area contributed by atoms with Crippen molar-refractivity contribution >= 4 is 5.91 Å². The molecule has 0 aliphatic heterocycles. The fraction of sp³-hybridized carbons (Fsp3) is 0.389. The summed E-state index contributed by atoms with van der Waals surface area (Å²) < 4.78 is 2.03. The van der Waals surface area contributed by atoms with Crippen LogP contribution in [-0.2, 0) is 11.3 Å². The topological polar surface area (TPSA) is 59.8 Å². The number of nitrogens with one attached hydrogen (secondary N) is 1. The third kappa shape index (κ3) is 2.79. The van der Waals surface area contributed by atoms with E-state index in [1.807, 2.05) is 29.0 Å². The molecule has 5 nitrogen and oxygen atoms in total. The SMILES string of the molecule is O=C(NCCn1ccnc1-c1ccccn1)C1CC2C=CC1C2. The normalized spacial score (nSPS) is 25.0. The molecule has 0 spiro atoms. The smallest absolute Gasteiger partial charge is 0.223 e. The lowest BCUT2D eigenvalue weighted by molar-refractivity contribution is -0.125. The Morgan fingerprint density at radius 1 is 1.22 bits per heavy atom. The van der Waals surface area contributed by atoms with Crippen LogP contribution in [0.2, 0.25) is 0 Å². The molecule has 2 bridgehead atoms. The number of hydrogen-bond donors (Lipinski definition) is 1. The van der Waals surface area contributed by atoms with E-state index in [9.17, 15) is 4.79 Å². The Balaban J connectivity index is 1.35. The van der Waals surface area contributed by atoms with Crippen molar-refractivity contribution in [3.8, 4) is 11.5 Å². The van der Waals surface area contributed by atoms with Gasteiger partial charge in [0.2, 0.25) is 5.91 Å². The molecule has 3 atom stereocenters. The number of amides is 1. The lowest BCUT2D eigenvalue weighted by Gasteiger charge is -2.17. The minimum atomic E-state index is 0.169. The maximum Gasteiger partial charge on any atom is 0.223 e. The van der Waals surface area contributed by atoms with Crippen molar-refractivity contribution in [2.45, 2.75) is 19.4 Å². The number of carbonyl (C=O) groups excluding carboxylic acids is 1. The van der Waals surface area contributed by atoms with Gasteiger partial charge in [0.15, 0.2) is 5.82 Å². The highest BCUT2D eigenvalue weighted by Crippen LogP contribution is 2.43. The van der Waals surface area contributed by atoms with Crippen LogP contribution in [0.15, 0.2) is 48.9 Å². The van der Waals surface area contributed by atoms with Crippen LogP contribution in [0, 0.1) is 17.8 Å². The number of pyridine rings is 1. The molecule has 118 valence electrons. The van der Waals surface area contributed by atoms with Crippen molar-refractivity contribution in [2.75, 3.05) is 6.54 Å². The zero-order valence-corrected chi connectivity index (χ0v) is 12.9. The summed E-state index contributed by atoms with van der Waals surface area (Å²) in [6, 6.07) is 5.78. The standard InChI is InChI=1S/C18H20N4O/c23-18(15-12-13-4-5-14(15)11-13)21-8-10-22-9-7-20-17(22)16-3-1-2-6-19-16/h1-7,9,13-15H,8,10-12H2,(H,21,23). The van der Waals surface area contributed by atoms with E-state index in [1.165, 1.54) is 0 Å². The number of carbonyl (C=O) groups is 1. The van der Waals surface area contributed by atoms with Gasteiger partial charge in [-0.2, -0.15) is 0 Å². The third-order valence-corrected chi connectivity index (χ3v) is 4.88. The Morgan fingerprint density at radius 3 is 2.91 bits per heavy atom. The Bertz CT molecular complexity index is 722. The number of nitrogens with zero attached hydrogens (tertiary/aromatic N) is 3. The Labute approximate surface area is 135 Å². The van der Waals surface area contributed by atoms with Crippen molar-refractivity contribution in [1.82, 2.24) is 19.9 Å². The fourth-order valence-corrected chi connectivity index (χ4v) is 3.73. The third-order valence-electron chi connectivity index (χ3n) is 4.88. The molecular formula is C18H20N4O. The summed E-state index contributed by atoms with van der Waals surface area (Å²) in [5, 5.41) is 3.08. The van der Waals surface area contributed by atoms with Crippen molar-refractivity contribution < 1.29 is 4.79 Å². The molecule has 23 heavy (non-hydrogen) atoms. The highest BCUT2D eigenvalue weighted by Gasteiger charge is 2.39. The molecule has 2 aliphatic carbocycles. The molecule has 0 aromatic carbocycles. The summed E-state index contributed by atoms with van der Waals surface area (Å²) in [4.78, 5) is 21.0. The minimum absolute atomic E-state index is 0.169. The second-order valence-electron chi connectivity index (χ2n) is 6.34. The molecule has 5 heteroatoms. The number of allylic oxidation sites excluding steroid dienone is 2. The predicted molar refractivity (Wildman–Crippen MR) is 87.3 cm³/mol. The molecule has 2 aromatic rings. The van der Waals surface area contributed by atoms with Gasteiger partial charge in [-0.25, -0.2) is 4.98 Å². The summed E-state index contributed by atoms with van der Waals surface area (Å²) in [6.07, 6.45) is 12.1. The van der Waals surface area contributed by atoms with E-state index in [0.717, 1.165) is 24.4 Å². The van der Waals surface area contributed by atoms with E-state index in [2.05, 4.69) is 27.4 Å². The second kappa shape index (κ2) is 5.99. The zero-order chi connectivity index (χ0) is 15.6. The minimum Gasteiger partial charge on any atom is -0.354 e. The monoisotopic (exact) mass is 308 g/mol. The molecule has 3 unspecified atom stereocenters. The molecule has 1 saturated carbocycles. The van der Waals surface area contributed by atoms with E-state index in [0.29, 0.717) is 24.9 Å². The van der Waals surface area contributed by atoms with Gasteiger partial charge in [0.1, 0.15) is 5.69 Å². The van der Waals surface area contributed by atoms with Crippen LogP contribution in [0.25, 0.3) is 11.5 Å². The van der Waals surface area contributed by atoms with Crippen LogP contribution in [-0.4, -0.2) is 27.0 Å². The molecule has 2 aliphatic rings. The highest BCUT2D eigenvalue weighted by molar-refractivity contribution is 5.79. The largest absolute Gasteiger partial charge is 0.354 e. The van der Waals surface area contributed by atoms with Gasteiger partial charge in [-0.1, -0.05) is 18.2 Å². The first-order valence-electron chi connectivity index (χ1n) is 8.20. The first-order chi connectivity index (χ1) is 11.3. The number of imidazole rings is 1. The van der Waals surface area contributed by atoms with Crippen LogP contribution in [0.4, 0.5) is 0 Å². The average molecular weight is 308 g/mol. The van der Waals surface area contributed by atoms with Gasteiger partial charge in [-0.05, 0) is 36.8 Å². The van der Waals surface area contributed by atoms with Crippen molar-refractivity contribution in [3.63, 3.8) is 0 Å². The van der Waals surface area contributed by atoms with Crippen LogP contribution in [0.1, 0.15) is 12.8 Å². The first kappa shape index (κ1) is 14.2. The van der Waals surface area contributed by atoms with Crippen molar-refractivity contribution in [1.29, 1.82) is 0 Å². The fourth-order valence-electron chi connectivity index (χ4n) is 3.73. The van der Waals surface area contributed by atoms with Gasteiger partial charge >= 0.3 is 0 Å². The second-order valence-corrected chi connectivity index (χ2v) is 6.34. The summed E-state index contributed by atoms with van der Waals surface area (Å²) in [5.74, 6) is 2.28. The van der Waals surface area contributed by atoms with E-state index < -0.39 is 0 Å². The first-order valence-corrected chi connectivity index (χ1v) is 8.20. The number of rotatable bonds is 5. The lowest BCUT2D eigenvalue weighted by Crippen LogP contribution is -2.34. The van der Waals surface area contributed by atoms with Gasteiger partial charge in [-0.3, -0.25) is 9.78 Å². The lowest BCUT2D eigenvalue weighted by atomic mass is 9.93. The van der Waals surface area contributed by atoms with Crippen molar-refractivity contribution in [3.05, 3.63) is 48.9 Å². The van der Waals surface area contributed by atoms with E-state index in [4.69, 9.17) is 0 Å². The molecule has 2 heterocycles. The molecule has 1 fully saturated rings. The quantitative estimate of drug-likeness (QED) is 0.862. The molecule has 0 saturated heterocycles. The molecule has 0 radical (unpaired) electrons. The summed E-state index contributed by atoms with van der Waals surface area (Å²) >= 11 is 0. The molecule has 1 amide bonds. The average Bonchev–Trinajstić information content (AvgIpc) is 3.32. The van der Waals surface area contributed by atoms with Crippen LogP contribution in [0.3, 0.4) is 0 Å². The van der Waals surface area contributed by atoms with Gasteiger partial charge < -0.3 is 9.88 Å². The Hall–Kier alpha value is -2.43. The number of hydrogen-bond acceptors (Lipinski definition) is 3. The van der Waals surface area contributed by atoms with Gasteiger partial charge in [0.05, 0.1) is 0 Å². The number of fused-ring (bicyclic) bond motifs is 2. The van der Waals surface area contributed by atoms with Crippen molar-refractivity contribution in [2.24, 2.45) is 17.8 Å². The summed E-state index contributed by atoms with van der Waals surface area (Å²) in [7, 11) is 0. The molecule has 4 rings (SSSR count). The molecule has 2 aromatic heterocycles. The highest BCUT2D eigenvalue weighted by atomic mass is 16.1. The van der Waals surface area contributed by atoms with Crippen LogP contribution in [0.5, 0.6) is 0 Å². The number of aromatic nitrogens is 3. The predicted octanol–water partition coefficient (Wildman–Crippen LogP) is 2.27. The molecule has 1 N–H and O–H groups in total. The molecular weight excluding hydrogens is 288 g/mol. The maximum atomic E-state index is 12.3. The van der Waals surface area contributed by atoms with Crippen LogP contribution >= 0.6 is 0 Å². The zero-order valence-electron chi connectivity index (χ0n) is 12.9. The maximum absolute atomic E-state index is 12.3. The van der Waals surface area contributed by atoms with E-state index in [1.54, 1.807) is 12.4 Å². The van der Waals surface area contributed by atoms with E-state index >= 15 is 0 Å². The van der Waals surface area contributed by atoms with Gasteiger partial charge in [0, 0.05) is 37.6 Å². The van der Waals surface area contributed by atoms with E-state index in [-0.39, 0.29) is 11.8 Å². The van der Waals surface area contributed by atoms with Gasteiger partial charge in [0.25, 0.3) is 0 Å².